The van der Waals surface area contributed by atoms with E-state index in [-0.39, 0.29) is 41.0 Å². The summed E-state index contributed by atoms with van der Waals surface area (Å²) < 4.78 is 13.4. The first kappa shape index (κ1) is 27.7. The molecule has 5 nitrogen and oxygen atoms in total. The molecule has 2 aliphatic heterocycles. The molecule has 8 aliphatic rings. The molecular formula is C40H41NO4. The van der Waals surface area contributed by atoms with E-state index < -0.39 is 16.4 Å². The molecule has 230 valence electrons. The Kier molecular flexibility index (Phi) is 5.81. The second-order valence-corrected chi connectivity index (χ2v) is 14.7. The smallest absolute Gasteiger partial charge is 0.339 e. The van der Waals surface area contributed by atoms with Gasteiger partial charge < -0.3 is 15.2 Å². The van der Waals surface area contributed by atoms with Gasteiger partial charge in [0.05, 0.1) is 11.0 Å². The van der Waals surface area contributed by atoms with Gasteiger partial charge in [0.15, 0.2) is 5.60 Å². The van der Waals surface area contributed by atoms with E-state index in [2.05, 4.69) is 85.6 Å². The van der Waals surface area contributed by atoms with Gasteiger partial charge in [-0.3, -0.25) is 4.79 Å². The third-order valence-corrected chi connectivity index (χ3v) is 13.2. The van der Waals surface area contributed by atoms with E-state index in [4.69, 9.17) is 15.2 Å². The van der Waals surface area contributed by atoms with Gasteiger partial charge in [-0.1, -0.05) is 86.1 Å². The number of rotatable bonds is 5. The Morgan fingerprint density at radius 2 is 1.91 bits per heavy atom. The van der Waals surface area contributed by atoms with Gasteiger partial charge in [-0.15, -0.1) is 5.92 Å². The van der Waals surface area contributed by atoms with Crippen molar-refractivity contribution in [3.8, 4) is 11.8 Å². The average molecular weight is 600 g/mol. The first-order valence-electron chi connectivity index (χ1n) is 17.2. The highest BCUT2D eigenvalue weighted by Crippen LogP contribution is 2.84. The van der Waals surface area contributed by atoms with Crippen LogP contribution < -0.4 is 5.73 Å². The standard InChI is InChI=1S/C40H41NO4/c1-2-8-32-38-21-19-25-9-5-13-30-27(15-16-29-18-17-28-12-3-4-20-37(28,29)30)23-33(44-36(38)43)39(38,24-25)40(32)31-14-6-10-26(11-7-22-41)34(31)35(42)45-40/h3-4,6,10,12,14-16,19-21,23,25,27-30,32H,2,7-8,11,13,17-18,22,24,41H2,1H3. The van der Waals surface area contributed by atoms with Crippen molar-refractivity contribution in [1.29, 1.82) is 0 Å². The van der Waals surface area contributed by atoms with E-state index in [0.29, 0.717) is 42.5 Å². The van der Waals surface area contributed by atoms with Gasteiger partial charge in [0, 0.05) is 35.2 Å². The second-order valence-electron chi connectivity index (χ2n) is 14.7. The summed E-state index contributed by atoms with van der Waals surface area (Å²) in [6, 6.07) is 6.16. The average Bonchev–Trinajstić information content (AvgIpc) is 3.67. The zero-order valence-electron chi connectivity index (χ0n) is 26.0. The fourth-order valence-electron chi connectivity index (χ4n) is 11.7. The van der Waals surface area contributed by atoms with Crippen molar-refractivity contribution >= 4 is 11.9 Å². The number of nitrogens with two attached hydrogens (primary N) is 1. The van der Waals surface area contributed by atoms with Gasteiger partial charge in [-0.25, -0.2) is 4.79 Å². The highest BCUT2D eigenvalue weighted by atomic mass is 16.6. The largest absolute Gasteiger partial charge is 0.449 e. The Bertz CT molecular complexity index is 1740. The van der Waals surface area contributed by atoms with Crippen molar-refractivity contribution in [1.82, 2.24) is 0 Å². The summed E-state index contributed by atoms with van der Waals surface area (Å²) >= 11 is 0. The number of aryl methyl sites for hydroxylation is 1. The number of hydrogen-bond acceptors (Lipinski definition) is 5. The lowest BCUT2D eigenvalue weighted by atomic mass is 9.31. The van der Waals surface area contributed by atoms with Crippen LogP contribution in [0.2, 0.25) is 0 Å². The Morgan fingerprint density at radius 3 is 2.76 bits per heavy atom. The molecule has 3 spiro atoms. The maximum Gasteiger partial charge on any atom is 0.339 e. The van der Waals surface area contributed by atoms with Gasteiger partial charge in [0.1, 0.15) is 11.2 Å². The maximum atomic E-state index is 14.4. The van der Waals surface area contributed by atoms with Gasteiger partial charge in [0.2, 0.25) is 0 Å². The van der Waals surface area contributed by atoms with Gasteiger partial charge >= 0.3 is 11.9 Å². The molecule has 45 heavy (non-hydrogen) atoms. The van der Waals surface area contributed by atoms with Crippen molar-refractivity contribution in [3.63, 3.8) is 0 Å². The number of hydrogen-bond donors (Lipinski definition) is 1. The minimum Gasteiger partial charge on any atom is -0.449 e. The summed E-state index contributed by atoms with van der Waals surface area (Å²) in [6.07, 6.45) is 27.5. The van der Waals surface area contributed by atoms with Crippen LogP contribution in [0, 0.1) is 63.6 Å². The summed E-state index contributed by atoms with van der Waals surface area (Å²) in [6.45, 7) is 2.70. The molecule has 2 N–H and O–H groups in total. The highest BCUT2D eigenvalue weighted by Gasteiger charge is 2.91. The number of fused-ring (bicyclic) bond motifs is 4. The summed E-state index contributed by atoms with van der Waals surface area (Å²) in [7, 11) is 0. The third-order valence-electron chi connectivity index (χ3n) is 13.2. The fraction of sp³-hybridized carbons (Fsp3) is 0.500. The van der Waals surface area contributed by atoms with Crippen LogP contribution in [0.25, 0.3) is 0 Å². The molecule has 2 saturated carbocycles. The maximum absolute atomic E-state index is 14.4. The quantitative estimate of drug-likeness (QED) is 0.231. The lowest BCUT2D eigenvalue weighted by Gasteiger charge is -2.69. The minimum atomic E-state index is -0.992. The molecule has 0 aromatic heterocycles. The monoisotopic (exact) mass is 599 g/mol. The molecule has 1 saturated heterocycles. The van der Waals surface area contributed by atoms with Crippen molar-refractivity contribution < 1.29 is 19.1 Å². The van der Waals surface area contributed by atoms with Crippen LogP contribution in [0.5, 0.6) is 0 Å². The SMILES string of the molecule is CCCC1C23C=CC4C#CCC5C(C=CC6CCC7C=CC=CC765)C=C(OC2=O)C3(C4)C12OC(=O)c1c(CCCN)cccc12. The van der Waals surface area contributed by atoms with Gasteiger partial charge in [-0.05, 0) is 74.5 Å². The first-order valence-corrected chi connectivity index (χ1v) is 17.2. The molecule has 6 aliphatic carbocycles. The van der Waals surface area contributed by atoms with Crippen LogP contribution in [-0.4, -0.2) is 18.5 Å². The van der Waals surface area contributed by atoms with E-state index >= 15 is 0 Å². The van der Waals surface area contributed by atoms with E-state index in [1.807, 2.05) is 6.07 Å². The number of esters is 2. The fourth-order valence-corrected chi connectivity index (χ4v) is 11.7. The summed E-state index contributed by atoms with van der Waals surface area (Å²) in [5.74, 6) is 8.54. The van der Waals surface area contributed by atoms with Crippen LogP contribution >= 0.6 is 0 Å². The van der Waals surface area contributed by atoms with Crippen LogP contribution in [0.1, 0.15) is 73.4 Å². The number of carbonyl (C=O) groups excluding carboxylic acids is 2. The van der Waals surface area contributed by atoms with Crippen molar-refractivity contribution in [2.75, 3.05) is 6.54 Å². The highest BCUT2D eigenvalue weighted by molar-refractivity contribution is 5.99. The van der Waals surface area contributed by atoms with E-state index in [9.17, 15) is 9.59 Å². The predicted molar refractivity (Wildman–Crippen MR) is 171 cm³/mol. The topological polar surface area (TPSA) is 78.6 Å². The van der Waals surface area contributed by atoms with E-state index in [1.54, 1.807) is 0 Å². The molecule has 10 atom stereocenters. The van der Waals surface area contributed by atoms with E-state index in [0.717, 1.165) is 36.8 Å². The molecule has 1 aromatic rings. The van der Waals surface area contributed by atoms with Crippen LogP contribution in [0.3, 0.4) is 0 Å². The lowest BCUT2D eigenvalue weighted by molar-refractivity contribution is -0.273. The van der Waals surface area contributed by atoms with Crippen LogP contribution in [-0.2, 0) is 26.3 Å². The molecule has 10 unspecified atom stereocenters. The molecular weight excluding hydrogens is 558 g/mol. The normalized spacial score (nSPS) is 43.6. The lowest BCUT2D eigenvalue weighted by Crippen LogP contribution is -2.75. The Labute approximate surface area is 265 Å². The molecule has 3 fully saturated rings. The van der Waals surface area contributed by atoms with Gasteiger partial charge in [-0.2, -0.15) is 0 Å². The number of allylic oxidation sites excluding steroid dienone is 8. The molecule has 0 radical (unpaired) electrons. The third kappa shape index (κ3) is 3.06. The summed E-state index contributed by atoms with van der Waals surface area (Å²) in [4.78, 5) is 28.5. The first-order chi connectivity index (χ1) is 22.0. The summed E-state index contributed by atoms with van der Waals surface area (Å²) in [5, 5.41) is 0. The molecule has 1 aromatic carbocycles. The zero-order chi connectivity index (χ0) is 30.6. The zero-order valence-corrected chi connectivity index (χ0v) is 26.0. The Morgan fingerprint density at radius 1 is 1.04 bits per heavy atom. The van der Waals surface area contributed by atoms with Gasteiger partial charge in [0.25, 0.3) is 0 Å². The number of benzene rings is 1. The summed E-state index contributed by atoms with van der Waals surface area (Å²) in [5.41, 5.74) is 5.74. The van der Waals surface area contributed by atoms with Crippen LogP contribution in [0.15, 0.2) is 78.6 Å². The van der Waals surface area contributed by atoms with Crippen LogP contribution in [0.4, 0.5) is 0 Å². The molecule has 2 bridgehead atoms. The van der Waals surface area contributed by atoms with Crippen molar-refractivity contribution in [3.05, 3.63) is 95.3 Å². The second kappa shape index (κ2) is 9.46. The minimum absolute atomic E-state index is 0.00772. The Balaban J connectivity index is 1.28. The molecule has 2 heterocycles. The van der Waals surface area contributed by atoms with Crippen molar-refractivity contribution in [2.24, 2.45) is 57.5 Å². The Hall–Kier alpha value is -3.62. The molecule has 9 rings (SSSR count). The predicted octanol–water partition coefficient (Wildman–Crippen LogP) is 6.71. The molecule has 5 heteroatoms. The number of carbonyl (C=O) groups is 2. The molecule has 0 amide bonds. The number of ether oxygens (including phenoxy) is 2. The van der Waals surface area contributed by atoms with E-state index in [1.165, 1.54) is 12.8 Å². The van der Waals surface area contributed by atoms with Crippen molar-refractivity contribution in [2.45, 2.75) is 63.9 Å².